The number of methoxy groups -OCH3 is 2. The third-order valence-electron chi connectivity index (χ3n) is 3.48. The highest BCUT2D eigenvalue weighted by molar-refractivity contribution is 6.34. The van der Waals surface area contributed by atoms with Crippen molar-refractivity contribution in [1.29, 1.82) is 0 Å². The van der Waals surface area contributed by atoms with E-state index in [0.717, 1.165) is 15.1 Å². The zero-order valence-electron chi connectivity index (χ0n) is 12.4. The Hall–Kier alpha value is -1.46. The van der Waals surface area contributed by atoms with Gasteiger partial charge in [0.2, 0.25) is 0 Å². The monoisotopic (exact) mass is 340 g/mol. The van der Waals surface area contributed by atoms with Gasteiger partial charge in [-0.05, 0) is 46.8 Å². The molecule has 0 aliphatic heterocycles. The third-order valence-corrected chi connectivity index (χ3v) is 3.90. The Labute approximate surface area is 140 Å². The van der Waals surface area contributed by atoms with Crippen molar-refractivity contribution in [3.63, 3.8) is 0 Å². The molecule has 2 atom stereocenters. The van der Waals surface area contributed by atoms with E-state index in [1.54, 1.807) is 14.2 Å². The molecule has 2 aromatic rings. The first-order chi connectivity index (χ1) is 10.6. The van der Waals surface area contributed by atoms with E-state index in [2.05, 4.69) is 0 Å². The molecule has 0 aromatic heterocycles. The molecule has 2 aromatic carbocycles. The highest BCUT2D eigenvalue weighted by atomic mass is 35.5. The molecule has 0 fully saturated rings. The molecule has 0 aliphatic carbocycles. The van der Waals surface area contributed by atoms with Crippen molar-refractivity contribution in [2.45, 2.75) is 12.1 Å². The van der Waals surface area contributed by atoms with E-state index in [1.807, 2.05) is 48.5 Å². The van der Waals surface area contributed by atoms with Gasteiger partial charge >= 0.3 is 0 Å². The lowest BCUT2D eigenvalue weighted by Crippen LogP contribution is -2.26. The summed E-state index contributed by atoms with van der Waals surface area (Å²) in [7, 11) is 3.17. The number of nitrogens with zero attached hydrogens (tertiary/aromatic N) is 1. The Morgan fingerprint density at radius 1 is 0.909 bits per heavy atom. The lowest BCUT2D eigenvalue weighted by molar-refractivity contribution is 0.353. The van der Waals surface area contributed by atoms with E-state index in [9.17, 15) is 0 Å². The molecule has 0 saturated carbocycles. The molecule has 4 nitrogen and oxygen atoms in total. The van der Waals surface area contributed by atoms with Crippen LogP contribution in [0.3, 0.4) is 0 Å². The molecular formula is C16H18Cl2N2O2. The van der Waals surface area contributed by atoms with Gasteiger partial charge in [-0.25, -0.2) is 0 Å². The zero-order valence-corrected chi connectivity index (χ0v) is 13.9. The molecule has 0 bridgehead atoms. The Morgan fingerprint density at radius 2 is 1.55 bits per heavy atom. The Balaban J connectivity index is 2.37. The summed E-state index contributed by atoms with van der Waals surface area (Å²) in [6.07, 6.45) is 0. The second kappa shape index (κ2) is 7.70. The topological polar surface area (TPSA) is 47.7 Å². The molecule has 2 N–H and O–H groups in total. The molecular weight excluding hydrogens is 323 g/mol. The van der Waals surface area contributed by atoms with Crippen LogP contribution in [0.25, 0.3) is 0 Å². The van der Waals surface area contributed by atoms with Crippen LogP contribution in [0.4, 0.5) is 0 Å². The number of benzene rings is 2. The fraction of sp³-hybridized carbons (Fsp3) is 0.250. The van der Waals surface area contributed by atoms with Crippen molar-refractivity contribution < 1.29 is 9.47 Å². The van der Waals surface area contributed by atoms with Crippen LogP contribution in [-0.2, 0) is 0 Å². The summed E-state index contributed by atoms with van der Waals surface area (Å²) in [5, 5.41) is 0. The normalized spacial score (nSPS) is 13.7. The lowest BCUT2D eigenvalue weighted by Gasteiger charge is -2.27. The maximum atomic E-state index is 6.38. The molecule has 0 aliphatic rings. The Bertz CT molecular complexity index is 608. The average molecular weight is 341 g/mol. The van der Waals surface area contributed by atoms with Gasteiger partial charge in [-0.2, -0.15) is 0 Å². The third kappa shape index (κ3) is 3.65. The van der Waals surface area contributed by atoms with Crippen LogP contribution >= 0.6 is 23.6 Å². The summed E-state index contributed by atoms with van der Waals surface area (Å²) in [5.74, 6) is 1.25. The molecule has 0 spiro atoms. The van der Waals surface area contributed by atoms with Crippen LogP contribution in [0.15, 0.2) is 48.5 Å². The minimum atomic E-state index is -0.433. The predicted octanol–water partition coefficient (Wildman–Crippen LogP) is 4.05. The Morgan fingerprint density at radius 3 is 2.09 bits per heavy atom. The van der Waals surface area contributed by atoms with E-state index in [0.29, 0.717) is 11.5 Å². The van der Waals surface area contributed by atoms with E-state index in [4.69, 9.17) is 38.8 Å². The molecule has 0 amide bonds. The van der Waals surface area contributed by atoms with Crippen molar-refractivity contribution in [1.82, 2.24) is 3.94 Å². The predicted molar refractivity (Wildman–Crippen MR) is 89.2 cm³/mol. The maximum absolute atomic E-state index is 6.38. The standard InChI is InChI=1S/C16H18Cl2N2O2/c1-21-13-9-8-12(10-14(13)22-2)15(19)16(20(17)18)11-6-4-3-5-7-11/h3-10,15-16H,19H2,1-2H3. The quantitative estimate of drug-likeness (QED) is 0.805. The summed E-state index contributed by atoms with van der Waals surface area (Å²) in [6, 6.07) is 14.3. The smallest absolute Gasteiger partial charge is 0.161 e. The van der Waals surface area contributed by atoms with Crippen LogP contribution in [0.2, 0.25) is 0 Å². The maximum Gasteiger partial charge on any atom is 0.161 e. The summed E-state index contributed by atoms with van der Waals surface area (Å²) in [5.41, 5.74) is 8.15. The number of ether oxygens (including phenoxy) is 2. The van der Waals surface area contributed by atoms with E-state index < -0.39 is 6.04 Å². The van der Waals surface area contributed by atoms with Crippen LogP contribution in [0.5, 0.6) is 11.5 Å². The van der Waals surface area contributed by atoms with Crippen molar-refractivity contribution in [3.8, 4) is 11.5 Å². The highest BCUT2D eigenvalue weighted by Gasteiger charge is 2.27. The summed E-state index contributed by atoms with van der Waals surface area (Å²) in [6.45, 7) is 0. The first-order valence-corrected chi connectivity index (χ1v) is 7.39. The number of halogens is 2. The molecule has 0 heterocycles. The van der Waals surface area contributed by atoms with Gasteiger partial charge in [0.15, 0.2) is 11.5 Å². The number of nitrogens with two attached hydrogens (primary N) is 1. The van der Waals surface area contributed by atoms with Crippen molar-refractivity contribution in [2.24, 2.45) is 5.73 Å². The lowest BCUT2D eigenvalue weighted by atomic mass is 9.94. The van der Waals surface area contributed by atoms with Gasteiger partial charge in [-0.3, -0.25) is 0 Å². The highest BCUT2D eigenvalue weighted by Crippen LogP contribution is 2.38. The second-order valence-corrected chi connectivity index (χ2v) is 5.66. The fourth-order valence-corrected chi connectivity index (χ4v) is 2.80. The van der Waals surface area contributed by atoms with Gasteiger partial charge < -0.3 is 15.2 Å². The summed E-state index contributed by atoms with van der Waals surface area (Å²) >= 11 is 12.0. The van der Waals surface area contributed by atoms with Gasteiger partial charge in [-0.1, -0.05) is 36.4 Å². The molecule has 22 heavy (non-hydrogen) atoms. The molecule has 2 unspecified atom stereocenters. The first kappa shape index (κ1) is 16.9. The molecule has 2 rings (SSSR count). The molecule has 6 heteroatoms. The Kier molecular flexibility index (Phi) is 5.91. The van der Waals surface area contributed by atoms with Crippen molar-refractivity contribution in [2.75, 3.05) is 14.2 Å². The van der Waals surface area contributed by atoms with Gasteiger partial charge in [0.1, 0.15) is 0 Å². The summed E-state index contributed by atoms with van der Waals surface area (Å²) < 4.78 is 11.6. The SMILES string of the molecule is COc1ccc(C(N)C(c2ccccc2)N(Cl)Cl)cc1OC. The molecule has 118 valence electrons. The average Bonchev–Trinajstić information content (AvgIpc) is 2.54. The van der Waals surface area contributed by atoms with Crippen LogP contribution in [-0.4, -0.2) is 18.2 Å². The minimum absolute atomic E-state index is 0.386. The van der Waals surface area contributed by atoms with Crippen molar-refractivity contribution >= 4 is 23.6 Å². The minimum Gasteiger partial charge on any atom is -0.493 e. The zero-order chi connectivity index (χ0) is 16.1. The van der Waals surface area contributed by atoms with Crippen LogP contribution < -0.4 is 15.2 Å². The summed E-state index contributed by atoms with van der Waals surface area (Å²) in [4.78, 5) is 0. The van der Waals surface area contributed by atoms with E-state index >= 15 is 0 Å². The largest absolute Gasteiger partial charge is 0.493 e. The van der Waals surface area contributed by atoms with Crippen LogP contribution in [0.1, 0.15) is 23.2 Å². The fourth-order valence-electron chi connectivity index (χ4n) is 2.33. The van der Waals surface area contributed by atoms with Gasteiger partial charge in [0.25, 0.3) is 0 Å². The van der Waals surface area contributed by atoms with Gasteiger partial charge in [-0.15, -0.1) is 3.94 Å². The number of hydrogen-bond donors (Lipinski definition) is 1. The number of rotatable bonds is 6. The second-order valence-electron chi connectivity index (χ2n) is 4.75. The van der Waals surface area contributed by atoms with Gasteiger partial charge in [0.05, 0.1) is 26.3 Å². The molecule has 0 saturated heterocycles. The van der Waals surface area contributed by atoms with E-state index in [-0.39, 0.29) is 6.04 Å². The van der Waals surface area contributed by atoms with Crippen molar-refractivity contribution in [3.05, 3.63) is 59.7 Å². The van der Waals surface area contributed by atoms with Crippen LogP contribution in [0, 0.1) is 0 Å². The molecule has 0 radical (unpaired) electrons. The number of hydrogen-bond acceptors (Lipinski definition) is 4. The van der Waals surface area contributed by atoms with E-state index in [1.165, 1.54) is 0 Å². The van der Waals surface area contributed by atoms with Gasteiger partial charge in [0, 0.05) is 0 Å². The first-order valence-electron chi connectivity index (χ1n) is 6.71.